The molecule has 19 heavy (non-hydrogen) atoms. The van der Waals surface area contributed by atoms with E-state index >= 15 is 0 Å². The number of carbonyl (C=O) groups is 2. The van der Waals surface area contributed by atoms with Gasteiger partial charge in [0.05, 0.1) is 6.54 Å². The van der Waals surface area contributed by atoms with Crippen molar-refractivity contribution < 1.29 is 9.59 Å². The number of rotatable bonds is 3. The second-order valence-electron chi connectivity index (χ2n) is 5.88. The number of nitrogens with one attached hydrogen (secondary N) is 1. The third-order valence-corrected chi connectivity index (χ3v) is 4.66. The van der Waals surface area contributed by atoms with Gasteiger partial charge in [0, 0.05) is 6.54 Å². The Balaban J connectivity index is 2.27. The van der Waals surface area contributed by atoms with Crippen LogP contribution in [-0.4, -0.2) is 35.5 Å². The van der Waals surface area contributed by atoms with Gasteiger partial charge in [-0.25, -0.2) is 4.79 Å². The molecule has 0 aromatic rings. The molecule has 3 N–H and O–H groups in total. The van der Waals surface area contributed by atoms with Gasteiger partial charge in [-0.05, 0) is 30.3 Å². The molecule has 1 spiro atoms. The monoisotopic (exact) mass is 265 g/mol. The highest BCUT2D eigenvalue weighted by atomic mass is 16.2. The van der Waals surface area contributed by atoms with Crippen molar-refractivity contribution in [2.24, 2.45) is 17.6 Å². The van der Waals surface area contributed by atoms with E-state index in [0.717, 1.165) is 19.3 Å². The molecule has 1 heterocycles. The number of urea groups is 1. The van der Waals surface area contributed by atoms with E-state index in [-0.39, 0.29) is 36.9 Å². The van der Waals surface area contributed by atoms with Crippen LogP contribution in [0.2, 0.25) is 0 Å². The van der Waals surface area contributed by atoms with E-state index in [2.05, 4.69) is 25.7 Å². The largest absolute Gasteiger partial charge is 0.327 e. The Bertz CT molecular complexity index is 409. The Hall–Kier alpha value is -1.36. The summed E-state index contributed by atoms with van der Waals surface area (Å²) in [5.74, 6) is 0.236. The zero-order valence-corrected chi connectivity index (χ0v) is 11.7. The quantitative estimate of drug-likeness (QED) is 0.595. The van der Waals surface area contributed by atoms with Crippen molar-refractivity contribution in [3.8, 4) is 0 Å². The molecule has 1 aliphatic carbocycles. The Kier molecular flexibility index (Phi) is 3.67. The topological polar surface area (TPSA) is 75.4 Å². The summed E-state index contributed by atoms with van der Waals surface area (Å²) < 4.78 is 0. The van der Waals surface area contributed by atoms with Gasteiger partial charge in [0.1, 0.15) is 5.54 Å². The molecule has 106 valence electrons. The molecule has 0 radical (unpaired) electrons. The van der Waals surface area contributed by atoms with E-state index in [0.29, 0.717) is 5.57 Å². The van der Waals surface area contributed by atoms with Crippen molar-refractivity contribution >= 4 is 11.9 Å². The first-order chi connectivity index (χ1) is 8.93. The molecule has 5 heteroatoms. The maximum atomic E-state index is 12.7. The molecule has 2 aliphatic rings. The Labute approximate surface area is 114 Å². The predicted octanol–water partition coefficient (Wildman–Crippen LogP) is 1.25. The summed E-state index contributed by atoms with van der Waals surface area (Å²) in [6.45, 7) is 8.39. The lowest BCUT2D eigenvalue weighted by molar-refractivity contribution is -0.136. The molecule has 1 saturated carbocycles. The summed E-state index contributed by atoms with van der Waals surface area (Å²) in [4.78, 5) is 26.1. The zero-order valence-electron chi connectivity index (χ0n) is 11.7. The number of hydrogen-bond acceptors (Lipinski definition) is 3. The summed E-state index contributed by atoms with van der Waals surface area (Å²) in [5.41, 5.74) is 5.47. The first kappa shape index (κ1) is 14.1. The van der Waals surface area contributed by atoms with Crippen molar-refractivity contribution in [3.05, 3.63) is 12.2 Å². The summed E-state index contributed by atoms with van der Waals surface area (Å²) in [6.07, 6.45) is 3.06. The normalized spacial score (nSPS) is 34.8. The van der Waals surface area contributed by atoms with E-state index < -0.39 is 5.54 Å². The zero-order chi connectivity index (χ0) is 14.2. The Morgan fingerprint density at radius 3 is 2.53 bits per heavy atom. The minimum atomic E-state index is -0.718. The van der Waals surface area contributed by atoms with E-state index in [1.54, 1.807) is 0 Å². The lowest BCUT2D eigenvalue weighted by atomic mass is 9.67. The van der Waals surface area contributed by atoms with Crippen LogP contribution in [0, 0.1) is 11.8 Å². The summed E-state index contributed by atoms with van der Waals surface area (Å²) >= 11 is 0. The van der Waals surface area contributed by atoms with Gasteiger partial charge in [0.2, 0.25) is 0 Å². The fourth-order valence-corrected chi connectivity index (χ4v) is 3.38. The Morgan fingerprint density at radius 1 is 1.42 bits per heavy atom. The minimum Gasteiger partial charge on any atom is -0.327 e. The molecule has 2 rings (SSSR count). The number of amides is 3. The first-order valence-corrected chi connectivity index (χ1v) is 6.94. The van der Waals surface area contributed by atoms with Gasteiger partial charge in [0.25, 0.3) is 5.91 Å². The molecule has 5 nitrogen and oxygen atoms in total. The Morgan fingerprint density at radius 2 is 2.00 bits per heavy atom. The second-order valence-corrected chi connectivity index (χ2v) is 5.88. The van der Waals surface area contributed by atoms with Gasteiger partial charge in [-0.15, -0.1) is 0 Å². The van der Waals surface area contributed by atoms with Gasteiger partial charge in [-0.3, -0.25) is 9.69 Å². The molecule has 1 saturated heterocycles. The van der Waals surface area contributed by atoms with Crippen LogP contribution in [0.5, 0.6) is 0 Å². The average molecular weight is 265 g/mol. The number of imide groups is 1. The van der Waals surface area contributed by atoms with Crippen LogP contribution in [0.4, 0.5) is 4.79 Å². The lowest BCUT2D eigenvalue weighted by Gasteiger charge is -2.42. The van der Waals surface area contributed by atoms with Crippen LogP contribution in [0.3, 0.4) is 0 Å². The van der Waals surface area contributed by atoms with Crippen molar-refractivity contribution in [1.29, 1.82) is 0 Å². The smallest absolute Gasteiger partial charge is 0.325 e. The predicted molar refractivity (Wildman–Crippen MR) is 73.3 cm³/mol. The number of carbonyl (C=O) groups excluding carboxylic acids is 2. The highest BCUT2D eigenvalue weighted by Crippen LogP contribution is 2.42. The van der Waals surface area contributed by atoms with Gasteiger partial charge in [-0.2, -0.15) is 0 Å². The molecule has 2 fully saturated rings. The number of hydrogen-bond donors (Lipinski definition) is 2. The fraction of sp³-hybridized carbons (Fsp3) is 0.714. The molecule has 2 atom stereocenters. The first-order valence-electron chi connectivity index (χ1n) is 6.94. The average Bonchev–Trinajstić information content (AvgIpc) is 2.62. The highest BCUT2D eigenvalue weighted by Gasteiger charge is 2.58. The van der Waals surface area contributed by atoms with Crippen molar-refractivity contribution in [1.82, 2.24) is 10.2 Å². The van der Waals surface area contributed by atoms with Crippen molar-refractivity contribution in [3.63, 3.8) is 0 Å². The highest BCUT2D eigenvalue weighted by molar-refractivity contribution is 6.07. The van der Waals surface area contributed by atoms with Crippen molar-refractivity contribution in [2.45, 2.75) is 38.6 Å². The second kappa shape index (κ2) is 4.96. The van der Waals surface area contributed by atoms with Crippen LogP contribution < -0.4 is 11.1 Å². The minimum absolute atomic E-state index is 0.105. The molecule has 2 unspecified atom stereocenters. The van der Waals surface area contributed by atoms with Crippen molar-refractivity contribution in [2.75, 3.05) is 13.1 Å². The van der Waals surface area contributed by atoms with E-state index in [1.165, 1.54) is 4.90 Å². The molecule has 0 aromatic heterocycles. The van der Waals surface area contributed by atoms with Gasteiger partial charge < -0.3 is 11.1 Å². The van der Waals surface area contributed by atoms with Crippen LogP contribution in [0.1, 0.15) is 33.1 Å². The fourth-order valence-electron chi connectivity index (χ4n) is 3.38. The molecule has 3 amide bonds. The van der Waals surface area contributed by atoms with Gasteiger partial charge in [-0.1, -0.05) is 26.8 Å². The third kappa shape index (κ3) is 2.06. The van der Waals surface area contributed by atoms with Crippen LogP contribution in [0.15, 0.2) is 12.2 Å². The molecule has 0 aromatic carbocycles. The molecule has 0 bridgehead atoms. The maximum absolute atomic E-state index is 12.7. The number of nitrogens with two attached hydrogens (primary N) is 1. The van der Waals surface area contributed by atoms with E-state index in [4.69, 9.17) is 5.73 Å². The maximum Gasteiger partial charge on any atom is 0.325 e. The summed E-state index contributed by atoms with van der Waals surface area (Å²) in [7, 11) is 0. The third-order valence-electron chi connectivity index (χ3n) is 4.66. The van der Waals surface area contributed by atoms with E-state index in [1.807, 2.05) is 0 Å². The van der Waals surface area contributed by atoms with Crippen LogP contribution in [-0.2, 0) is 4.79 Å². The van der Waals surface area contributed by atoms with Crippen LogP contribution >= 0.6 is 0 Å². The van der Waals surface area contributed by atoms with Gasteiger partial charge >= 0.3 is 6.03 Å². The van der Waals surface area contributed by atoms with Crippen LogP contribution in [0.25, 0.3) is 0 Å². The van der Waals surface area contributed by atoms with E-state index in [9.17, 15) is 9.59 Å². The summed E-state index contributed by atoms with van der Waals surface area (Å²) in [5, 5.41) is 2.95. The van der Waals surface area contributed by atoms with Gasteiger partial charge in [0.15, 0.2) is 0 Å². The lowest BCUT2D eigenvalue weighted by Crippen LogP contribution is -2.58. The summed E-state index contributed by atoms with van der Waals surface area (Å²) in [6, 6.07) is -0.305. The molecular weight excluding hydrogens is 242 g/mol. The molecular formula is C14H23N3O2. The SMILES string of the molecule is C=C(CN)CN1C(=O)NC2(C1=O)C(C)CCCC2C. The number of nitrogens with zero attached hydrogens (tertiary/aromatic N) is 1. The standard InChI is InChI=1S/C14H23N3O2/c1-9(7-15)8-17-12(18)14(16-13(17)19)10(2)5-4-6-11(14)3/h10-11H,1,4-8,15H2,2-3H3,(H,16,19). The molecule has 1 aliphatic heterocycles.